The van der Waals surface area contributed by atoms with Crippen LogP contribution < -0.4 is 11.5 Å². The molecule has 1 aromatic rings. The van der Waals surface area contributed by atoms with Gasteiger partial charge in [0.2, 0.25) is 5.96 Å². The predicted octanol–water partition coefficient (Wildman–Crippen LogP) is 1.15. The molecule has 0 amide bonds. The van der Waals surface area contributed by atoms with Gasteiger partial charge in [-0.3, -0.25) is 0 Å². The van der Waals surface area contributed by atoms with Crippen LogP contribution in [0.5, 0.6) is 5.75 Å². The highest BCUT2D eigenvalue weighted by molar-refractivity contribution is 9.10. The van der Waals surface area contributed by atoms with E-state index >= 15 is 0 Å². The van der Waals surface area contributed by atoms with Crippen molar-refractivity contribution < 1.29 is 5.11 Å². The minimum absolute atomic E-state index is 0.121. The van der Waals surface area contributed by atoms with Crippen molar-refractivity contribution >= 4 is 27.6 Å². The molecule has 0 heterocycles. The molecule has 0 aliphatic rings. The van der Waals surface area contributed by atoms with Gasteiger partial charge in [-0.2, -0.15) is 5.10 Å². The number of phenols is 1. The lowest BCUT2D eigenvalue weighted by Crippen LogP contribution is -2.22. The lowest BCUT2D eigenvalue weighted by atomic mass is 10.1. The number of nitrogens with two attached hydrogens (primary N) is 2. The molecule has 6 heteroatoms. The summed E-state index contributed by atoms with van der Waals surface area (Å²) in [5, 5.41) is 16.8. The molecule has 15 heavy (non-hydrogen) atoms. The largest absolute Gasteiger partial charge is 0.507 e. The molecule has 1 rings (SSSR count). The first-order valence-electron chi connectivity index (χ1n) is 4.13. The summed E-state index contributed by atoms with van der Waals surface area (Å²) in [4.78, 5) is 0. The zero-order valence-electron chi connectivity index (χ0n) is 8.11. The third-order valence-electron chi connectivity index (χ3n) is 1.66. The SMILES string of the molecule is C/C(=N\N=C(N)N)c1cc(Br)ccc1O. The summed E-state index contributed by atoms with van der Waals surface area (Å²) in [6.07, 6.45) is 0. The third kappa shape index (κ3) is 3.25. The highest BCUT2D eigenvalue weighted by atomic mass is 79.9. The van der Waals surface area contributed by atoms with E-state index in [1.807, 2.05) is 0 Å². The lowest BCUT2D eigenvalue weighted by molar-refractivity contribution is 0.474. The van der Waals surface area contributed by atoms with Gasteiger partial charge in [-0.05, 0) is 25.1 Å². The second-order valence-corrected chi connectivity index (χ2v) is 3.79. The van der Waals surface area contributed by atoms with E-state index in [1.165, 1.54) is 0 Å². The Hall–Kier alpha value is -1.56. The van der Waals surface area contributed by atoms with Crippen LogP contribution in [-0.2, 0) is 0 Å². The quantitative estimate of drug-likeness (QED) is 0.427. The monoisotopic (exact) mass is 270 g/mol. The van der Waals surface area contributed by atoms with Crippen LogP contribution in [0, 0.1) is 0 Å². The average Bonchev–Trinajstić information content (AvgIpc) is 2.18. The number of halogens is 1. The highest BCUT2D eigenvalue weighted by Gasteiger charge is 2.04. The molecule has 0 atom stereocenters. The van der Waals surface area contributed by atoms with E-state index in [0.717, 1.165) is 4.47 Å². The van der Waals surface area contributed by atoms with E-state index in [1.54, 1.807) is 25.1 Å². The molecule has 0 aliphatic heterocycles. The van der Waals surface area contributed by atoms with Crippen LogP contribution in [-0.4, -0.2) is 16.8 Å². The molecule has 0 saturated carbocycles. The number of benzene rings is 1. The first kappa shape index (κ1) is 11.5. The van der Waals surface area contributed by atoms with Crippen molar-refractivity contribution in [3.8, 4) is 5.75 Å². The molecule has 0 aliphatic carbocycles. The summed E-state index contributed by atoms with van der Waals surface area (Å²) in [6, 6.07) is 5.02. The first-order chi connectivity index (χ1) is 7.00. The summed E-state index contributed by atoms with van der Waals surface area (Å²) >= 11 is 3.29. The Bertz CT molecular complexity index is 424. The molecule has 0 unspecified atom stereocenters. The van der Waals surface area contributed by atoms with E-state index in [4.69, 9.17) is 11.5 Å². The maximum Gasteiger partial charge on any atom is 0.211 e. The smallest absolute Gasteiger partial charge is 0.211 e. The van der Waals surface area contributed by atoms with E-state index in [-0.39, 0.29) is 11.7 Å². The zero-order valence-corrected chi connectivity index (χ0v) is 9.69. The van der Waals surface area contributed by atoms with Gasteiger partial charge in [-0.15, -0.1) is 5.10 Å². The second kappa shape index (κ2) is 4.79. The number of rotatable bonds is 2. The van der Waals surface area contributed by atoms with Crippen molar-refractivity contribution in [1.29, 1.82) is 0 Å². The molecule has 0 fully saturated rings. The number of hydrogen-bond acceptors (Lipinski definition) is 3. The maximum absolute atomic E-state index is 9.56. The third-order valence-corrected chi connectivity index (χ3v) is 2.16. The topological polar surface area (TPSA) is 97.0 Å². The van der Waals surface area contributed by atoms with Crippen LogP contribution >= 0.6 is 15.9 Å². The second-order valence-electron chi connectivity index (χ2n) is 2.87. The molecule has 0 bridgehead atoms. The van der Waals surface area contributed by atoms with Crippen LogP contribution in [0.25, 0.3) is 0 Å². The van der Waals surface area contributed by atoms with Crippen molar-refractivity contribution in [2.45, 2.75) is 6.92 Å². The Morgan fingerprint density at radius 2 is 2.00 bits per heavy atom. The van der Waals surface area contributed by atoms with Crippen LogP contribution in [0.1, 0.15) is 12.5 Å². The summed E-state index contributed by atoms with van der Waals surface area (Å²) in [7, 11) is 0. The summed E-state index contributed by atoms with van der Waals surface area (Å²) < 4.78 is 0.842. The fourth-order valence-corrected chi connectivity index (χ4v) is 1.35. The maximum atomic E-state index is 9.56. The number of phenolic OH excluding ortho intramolecular Hbond substituents is 1. The van der Waals surface area contributed by atoms with Gasteiger partial charge in [0.25, 0.3) is 0 Å². The molecule has 1 aromatic carbocycles. The number of aromatic hydroxyl groups is 1. The normalized spacial score (nSPS) is 11.2. The Labute approximate surface area is 95.6 Å². The van der Waals surface area contributed by atoms with Gasteiger partial charge in [0, 0.05) is 10.0 Å². The zero-order chi connectivity index (χ0) is 11.4. The van der Waals surface area contributed by atoms with E-state index in [9.17, 15) is 5.11 Å². The fraction of sp³-hybridized carbons (Fsp3) is 0.111. The number of guanidine groups is 1. The van der Waals surface area contributed by atoms with Crippen LogP contribution in [0.4, 0.5) is 0 Å². The molecular weight excluding hydrogens is 260 g/mol. The Kier molecular flexibility index (Phi) is 3.68. The van der Waals surface area contributed by atoms with Gasteiger partial charge in [-0.1, -0.05) is 15.9 Å². The van der Waals surface area contributed by atoms with Gasteiger partial charge in [0.15, 0.2) is 0 Å². The fourth-order valence-electron chi connectivity index (χ4n) is 0.985. The highest BCUT2D eigenvalue weighted by Crippen LogP contribution is 2.22. The Morgan fingerprint density at radius 1 is 1.33 bits per heavy atom. The van der Waals surface area contributed by atoms with Gasteiger partial charge < -0.3 is 16.6 Å². The van der Waals surface area contributed by atoms with E-state index in [2.05, 4.69) is 26.1 Å². The minimum atomic E-state index is -0.121. The summed E-state index contributed by atoms with van der Waals surface area (Å²) in [6.45, 7) is 1.70. The molecule has 0 aromatic heterocycles. The molecule has 0 saturated heterocycles. The number of hydrogen-bond donors (Lipinski definition) is 3. The van der Waals surface area contributed by atoms with Crippen molar-refractivity contribution in [2.24, 2.45) is 21.7 Å². The van der Waals surface area contributed by atoms with Gasteiger partial charge >= 0.3 is 0 Å². The molecule has 5 nitrogen and oxygen atoms in total. The lowest BCUT2D eigenvalue weighted by Gasteiger charge is -2.03. The van der Waals surface area contributed by atoms with Crippen LogP contribution in [0.15, 0.2) is 32.9 Å². The molecule has 0 radical (unpaired) electrons. The summed E-state index contributed by atoms with van der Waals surface area (Å²) in [5.41, 5.74) is 11.4. The van der Waals surface area contributed by atoms with Crippen molar-refractivity contribution in [2.75, 3.05) is 0 Å². The van der Waals surface area contributed by atoms with E-state index in [0.29, 0.717) is 11.3 Å². The Morgan fingerprint density at radius 3 is 2.60 bits per heavy atom. The van der Waals surface area contributed by atoms with Crippen molar-refractivity contribution in [3.63, 3.8) is 0 Å². The van der Waals surface area contributed by atoms with E-state index < -0.39 is 0 Å². The van der Waals surface area contributed by atoms with Crippen LogP contribution in [0.3, 0.4) is 0 Å². The average molecular weight is 271 g/mol. The van der Waals surface area contributed by atoms with Gasteiger partial charge in [0.1, 0.15) is 5.75 Å². The van der Waals surface area contributed by atoms with Gasteiger partial charge in [-0.25, -0.2) is 0 Å². The van der Waals surface area contributed by atoms with Crippen LogP contribution in [0.2, 0.25) is 0 Å². The van der Waals surface area contributed by atoms with Crippen molar-refractivity contribution in [3.05, 3.63) is 28.2 Å². The molecule has 5 N–H and O–H groups in total. The molecule has 80 valence electrons. The predicted molar refractivity (Wildman–Crippen MR) is 63.8 cm³/mol. The summed E-state index contributed by atoms with van der Waals surface area (Å²) in [5.74, 6) is 0.00841. The number of nitrogens with zero attached hydrogens (tertiary/aromatic N) is 2. The molecular formula is C9H11BrN4O. The standard InChI is InChI=1S/C9H11BrN4O/c1-5(13-14-9(11)12)7-4-6(10)2-3-8(7)15/h2-4,15H,1H3,(H4,11,12,14)/b13-5+. The first-order valence-corrected chi connectivity index (χ1v) is 4.92. The van der Waals surface area contributed by atoms with Crippen molar-refractivity contribution in [1.82, 2.24) is 0 Å². The minimum Gasteiger partial charge on any atom is -0.507 e. The molecule has 0 spiro atoms. The Balaban J connectivity index is 3.10. The van der Waals surface area contributed by atoms with Gasteiger partial charge in [0.05, 0.1) is 5.71 Å².